The van der Waals surface area contributed by atoms with Gasteiger partial charge in [-0.25, -0.2) is 4.79 Å². The summed E-state index contributed by atoms with van der Waals surface area (Å²) in [4.78, 5) is 10.7. The second kappa shape index (κ2) is 11.7. The van der Waals surface area contributed by atoms with Crippen LogP contribution in [-0.4, -0.2) is 22.8 Å². The summed E-state index contributed by atoms with van der Waals surface area (Å²) >= 11 is 0. The monoisotopic (exact) mass is 409 g/mol. The molecule has 5 heteroatoms. The number of phenols is 1. The molecule has 0 aliphatic carbocycles. The Balaban J connectivity index is 0.000000215. The molecule has 1 unspecified atom stereocenters. The number of hydrogen-bond acceptors (Lipinski definition) is 4. The molecule has 3 aromatic rings. The van der Waals surface area contributed by atoms with Gasteiger partial charge in [0, 0.05) is 11.8 Å². The summed E-state index contributed by atoms with van der Waals surface area (Å²) in [6, 6.07) is 17.9. The van der Waals surface area contributed by atoms with Crippen LogP contribution in [0.25, 0.3) is 10.8 Å². The predicted molar refractivity (Wildman–Crippen MR) is 122 cm³/mol. The average molecular weight is 410 g/mol. The number of unbranched alkanes of at least 4 members (excludes halogenated alkanes) is 1. The molecule has 4 N–H and O–H groups in total. The summed E-state index contributed by atoms with van der Waals surface area (Å²) in [5, 5.41) is 19.8. The number of aromatic hydroxyl groups is 1. The van der Waals surface area contributed by atoms with Crippen LogP contribution in [0.1, 0.15) is 49.9 Å². The minimum atomic E-state index is -1.12. The summed E-state index contributed by atoms with van der Waals surface area (Å²) < 4.78 is 5.76. The molecule has 160 valence electrons. The third-order valence-corrected chi connectivity index (χ3v) is 4.98. The topological polar surface area (TPSA) is 92.8 Å². The van der Waals surface area contributed by atoms with Gasteiger partial charge in [0.15, 0.2) is 0 Å². The Kier molecular flexibility index (Phi) is 9.01. The highest BCUT2D eigenvalue weighted by Gasteiger charge is 2.10. The molecule has 3 aromatic carbocycles. The second-order valence-electron chi connectivity index (χ2n) is 7.32. The van der Waals surface area contributed by atoms with Crippen LogP contribution in [-0.2, 0) is 0 Å². The van der Waals surface area contributed by atoms with E-state index < -0.39 is 5.97 Å². The number of aromatic carboxylic acids is 1. The molecule has 0 bridgehead atoms. The largest absolute Gasteiger partial charge is 0.507 e. The van der Waals surface area contributed by atoms with Crippen molar-refractivity contribution in [2.24, 2.45) is 5.92 Å². The van der Waals surface area contributed by atoms with Crippen molar-refractivity contribution in [2.75, 3.05) is 12.3 Å². The Bertz CT molecular complexity index is 955. The van der Waals surface area contributed by atoms with Crippen molar-refractivity contribution in [3.8, 4) is 11.5 Å². The third kappa shape index (κ3) is 6.99. The molecular weight excluding hydrogens is 378 g/mol. The molecule has 0 aromatic heterocycles. The normalized spacial score (nSPS) is 11.4. The number of ether oxygens (including phenoxy) is 1. The lowest BCUT2D eigenvalue weighted by atomic mass is 10.0. The maximum absolute atomic E-state index is 10.7. The fourth-order valence-electron chi connectivity index (χ4n) is 3.12. The molecule has 0 spiro atoms. The van der Waals surface area contributed by atoms with Crippen molar-refractivity contribution in [3.63, 3.8) is 0 Å². The second-order valence-corrected chi connectivity index (χ2v) is 7.32. The first kappa shape index (κ1) is 23.1. The molecule has 0 aliphatic rings. The third-order valence-electron chi connectivity index (χ3n) is 4.98. The highest BCUT2D eigenvalue weighted by Crippen LogP contribution is 2.24. The van der Waals surface area contributed by atoms with Crippen LogP contribution in [0.5, 0.6) is 11.5 Å². The fourth-order valence-corrected chi connectivity index (χ4v) is 3.12. The van der Waals surface area contributed by atoms with Gasteiger partial charge in [-0.15, -0.1) is 0 Å². The smallest absolute Gasteiger partial charge is 0.339 e. The lowest BCUT2D eigenvalue weighted by molar-refractivity contribution is 0.0694. The number of benzene rings is 3. The Morgan fingerprint density at radius 3 is 2.33 bits per heavy atom. The van der Waals surface area contributed by atoms with E-state index in [2.05, 4.69) is 13.8 Å². The number of anilines is 1. The molecule has 0 amide bonds. The zero-order valence-corrected chi connectivity index (χ0v) is 17.7. The number of rotatable bonds is 8. The van der Waals surface area contributed by atoms with Crippen LogP contribution >= 0.6 is 0 Å². The first-order valence-corrected chi connectivity index (χ1v) is 10.4. The fraction of sp³-hybridized carbons (Fsp3) is 0.320. The van der Waals surface area contributed by atoms with Gasteiger partial charge in [-0.2, -0.15) is 0 Å². The van der Waals surface area contributed by atoms with Crippen LogP contribution in [0.2, 0.25) is 0 Å². The molecule has 0 saturated carbocycles. The van der Waals surface area contributed by atoms with E-state index in [-0.39, 0.29) is 11.3 Å². The number of carboxylic acid groups (broad SMARTS) is 1. The van der Waals surface area contributed by atoms with Crippen LogP contribution in [0.15, 0.2) is 60.7 Å². The number of nitrogen functional groups attached to an aromatic ring is 1. The first-order chi connectivity index (χ1) is 14.4. The zero-order valence-electron chi connectivity index (χ0n) is 17.7. The van der Waals surface area contributed by atoms with Crippen molar-refractivity contribution in [1.29, 1.82) is 0 Å². The molecule has 5 nitrogen and oxygen atoms in total. The standard InChI is InChI=1S/C14H23NO.C11H8O3/c1-3-5-7-12(4-2)11-16-14-9-6-8-13(15)10-14;12-10-6-8-4-2-1-3-7(8)5-9(10)11(13)14/h6,8-10,12H,3-5,7,11,15H2,1-2H3;1-6,12H,(H,13,14). The number of carboxylic acids is 1. The lowest BCUT2D eigenvalue weighted by Crippen LogP contribution is -2.11. The van der Waals surface area contributed by atoms with Crippen LogP contribution in [0.3, 0.4) is 0 Å². The number of nitrogens with two attached hydrogens (primary N) is 1. The quantitative estimate of drug-likeness (QED) is 0.390. The maximum Gasteiger partial charge on any atom is 0.339 e. The van der Waals surface area contributed by atoms with Crippen molar-refractivity contribution < 1.29 is 19.7 Å². The van der Waals surface area contributed by atoms with Gasteiger partial charge in [0.1, 0.15) is 17.1 Å². The van der Waals surface area contributed by atoms with E-state index in [1.165, 1.54) is 37.8 Å². The van der Waals surface area contributed by atoms with Crippen molar-refractivity contribution in [1.82, 2.24) is 0 Å². The van der Waals surface area contributed by atoms with Crippen molar-refractivity contribution >= 4 is 22.4 Å². The average Bonchev–Trinajstić information content (AvgIpc) is 2.74. The van der Waals surface area contributed by atoms with Crippen molar-refractivity contribution in [3.05, 3.63) is 66.2 Å². The molecular formula is C25H31NO4. The minimum Gasteiger partial charge on any atom is -0.507 e. The van der Waals surface area contributed by atoms with E-state index in [9.17, 15) is 9.90 Å². The Morgan fingerprint density at radius 1 is 1.03 bits per heavy atom. The van der Waals surface area contributed by atoms with Gasteiger partial charge in [0.05, 0.1) is 6.61 Å². The van der Waals surface area contributed by atoms with E-state index >= 15 is 0 Å². The summed E-state index contributed by atoms with van der Waals surface area (Å²) in [5.41, 5.74) is 6.39. The summed E-state index contributed by atoms with van der Waals surface area (Å²) in [6.07, 6.45) is 4.99. The molecule has 3 rings (SSSR count). The van der Waals surface area contributed by atoms with Gasteiger partial charge in [0.2, 0.25) is 0 Å². The first-order valence-electron chi connectivity index (χ1n) is 10.4. The van der Waals surface area contributed by atoms with Crippen LogP contribution in [0, 0.1) is 5.92 Å². The van der Waals surface area contributed by atoms with Gasteiger partial charge in [-0.3, -0.25) is 0 Å². The summed E-state index contributed by atoms with van der Waals surface area (Å²) in [5.74, 6) is 0.237. The summed E-state index contributed by atoms with van der Waals surface area (Å²) in [7, 11) is 0. The molecule has 0 heterocycles. The van der Waals surface area contributed by atoms with E-state index in [0.717, 1.165) is 28.8 Å². The van der Waals surface area contributed by atoms with E-state index in [4.69, 9.17) is 15.6 Å². The number of fused-ring (bicyclic) bond motifs is 1. The minimum absolute atomic E-state index is 0.0660. The number of carbonyl (C=O) groups is 1. The predicted octanol–water partition coefficient (Wildman–Crippen LogP) is 6.11. The van der Waals surface area contributed by atoms with Gasteiger partial charge in [-0.05, 0) is 47.4 Å². The van der Waals surface area contributed by atoms with Gasteiger partial charge in [-0.1, -0.05) is 63.4 Å². The molecule has 1 atom stereocenters. The van der Waals surface area contributed by atoms with Gasteiger partial charge >= 0.3 is 5.97 Å². The Hall–Kier alpha value is -3.21. The van der Waals surface area contributed by atoms with E-state index in [1.54, 1.807) is 6.07 Å². The summed E-state index contributed by atoms with van der Waals surface area (Å²) in [6.45, 7) is 5.26. The van der Waals surface area contributed by atoms with Gasteiger partial charge < -0.3 is 20.7 Å². The van der Waals surface area contributed by atoms with Crippen LogP contribution in [0.4, 0.5) is 5.69 Å². The molecule has 30 heavy (non-hydrogen) atoms. The number of hydrogen-bond donors (Lipinski definition) is 3. The SMILES string of the molecule is CCCCC(CC)COc1cccc(N)c1.O=C(O)c1cc2ccccc2cc1O. The molecule has 0 saturated heterocycles. The van der Waals surface area contributed by atoms with Crippen LogP contribution < -0.4 is 10.5 Å². The molecule has 0 radical (unpaired) electrons. The Morgan fingerprint density at radius 2 is 1.73 bits per heavy atom. The highest BCUT2D eigenvalue weighted by atomic mass is 16.5. The van der Waals surface area contributed by atoms with E-state index in [0.29, 0.717) is 5.92 Å². The molecule has 0 fully saturated rings. The van der Waals surface area contributed by atoms with Crippen molar-refractivity contribution in [2.45, 2.75) is 39.5 Å². The Labute approximate surface area is 178 Å². The van der Waals surface area contributed by atoms with E-state index in [1.807, 2.05) is 42.5 Å². The zero-order chi connectivity index (χ0) is 21.9. The van der Waals surface area contributed by atoms with Gasteiger partial charge in [0.25, 0.3) is 0 Å². The highest BCUT2D eigenvalue weighted by molar-refractivity contribution is 5.97. The maximum atomic E-state index is 10.7. The molecule has 0 aliphatic heterocycles. The lowest BCUT2D eigenvalue weighted by Gasteiger charge is -2.15.